The van der Waals surface area contributed by atoms with E-state index in [9.17, 15) is 14.0 Å². The number of anilines is 1. The standard InChI is InChI=1S/C22H23FN4O2S/c1-13-24-20-19(21(29)27(13)16-9-10-16)25-22(30-20)26-12-2-3-17(26)18(28)11-6-14-4-7-15(23)8-5-14/h4-5,7-8,16-17H,2-3,6,9-12H2,1H3/t17-/m1/s1. The van der Waals surface area contributed by atoms with Crippen LogP contribution in [0.4, 0.5) is 9.52 Å². The van der Waals surface area contributed by atoms with E-state index in [4.69, 9.17) is 0 Å². The third-order valence-corrected chi connectivity index (χ3v) is 6.97. The largest absolute Gasteiger partial charge is 0.338 e. The van der Waals surface area contributed by atoms with Crippen molar-refractivity contribution in [3.05, 3.63) is 51.8 Å². The second-order valence-corrected chi connectivity index (χ2v) is 9.12. The number of fused-ring (bicyclic) bond motifs is 1. The fraction of sp³-hybridized carbons (Fsp3) is 0.455. The molecule has 156 valence electrons. The van der Waals surface area contributed by atoms with E-state index in [1.807, 2.05) is 11.8 Å². The van der Waals surface area contributed by atoms with Gasteiger partial charge in [-0.05, 0) is 56.7 Å². The molecule has 0 amide bonds. The number of ketones is 1. The molecule has 1 saturated heterocycles. The molecule has 5 rings (SSSR count). The van der Waals surface area contributed by atoms with Crippen LogP contribution in [0.2, 0.25) is 0 Å². The van der Waals surface area contributed by atoms with Crippen LogP contribution in [0.25, 0.3) is 10.3 Å². The Balaban J connectivity index is 1.37. The van der Waals surface area contributed by atoms with E-state index in [-0.39, 0.29) is 29.2 Å². The first kappa shape index (κ1) is 19.4. The predicted octanol–water partition coefficient (Wildman–Crippen LogP) is 3.81. The quantitative estimate of drug-likeness (QED) is 0.600. The maximum absolute atomic E-state index is 13.1. The van der Waals surface area contributed by atoms with Gasteiger partial charge in [0, 0.05) is 19.0 Å². The molecule has 2 aliphatic rings. The third kappa shape index (κ3) is 3.53. The zero-order valence-corrected chi connectivity index (χ0v) is 17.6. The van der Waals surface area contributed by atoms with Gasteiger partial charge in [-0.25, -0.2) is 14.4 Å². The first-order valence-electron chi connectivity index (χ1n) is 10.4. The van der Waals surface area contributed by atoms with Crippen LogP contribution in [0.3, 0.4) is 0 Å². The molecule has 1 aliphatic carbocycles. The second-order valence-electron chi connectivity index (χ2n) is 8.16. The Labute approximate surface area is 177 Å². The van der Waals surface area contributed by atoms with Gasteiger partial charge in [0.25, 0.3) is 5.56 Å². The number of benzene rings is 1. The molecule has 0 spiro atoms. The van der Waals surface area contributed by atoms with Gasteiger partial charge in [0.1, 0.15) is 11.6 Å². The maximum Gasteiger partial charge on any atom is 0.281 e. The van der Waals surface area contributed by atoms with Gasteiger partial charge in [-0.2, -0.15) is 0 Å². The highest BCUT2D eigenvalue weighted by Crippen LogP contribution is 2.36. The molecule has 2 aromatic heterocycles. The van der Waals surface area contributed by atoms with Crippen LogP contribution < -0.4 is 10.5 Å². The van der Waals surface area contributed by atoms with Gasteiger partial charge in [-0.15, -0.1) is 0 Å². The number of hydrogen-bond acceptors (Lipinski definition) is 6. The van der Waals surface area contributed by atoms with Gasteiger partial charge < -0.3 is 4.90 Å². The number of rotatable bonds is 6. The molecular formula is C22H23FN4O2S. The smallest absolute Gasteiger partial charge is 0.281 e. The first-order valence-corrected chi connectivity index (χ1v) is 11.3. The lowest BCUT2D eigenvalue weighted by molar-refractivity contribution is -0.120. The Morgan fingerprint density at radius 1 is 1.20 bits per heavy atom. The number of carbonyl (C=O) groups is 1. The molecule has 0 radical (unpaired) electrons. The summed E-state index contributed by atoms with van der Waals surface area (Å²) in [5.74, 6) is 0.627. The SMILES string of the molecule is Cc1nc2sc(N3CCC[C@@H]3C(=O)CCc3ccc(F)cc3)nc2c(=O)n1C1CC1. The lowest BCUT2D eigenvalue weighted by Gasteiger charge is -2.22. The molecule has 0 N–H and O–H groups in total. The van der Waals surface area contributed by atoms with Gasteiger partial charge in [-0.1, -0.05) is 23.5 Å². The molecule has 8 heteroatoms. The van der Waals surface area contributed by atoms with Crippen LogP contribution in [0.5, 0.6) is 0 Å². The van der Waals surface area contributed by atoms with Crippen molar-refractivity contribution < 1.29 is 9.18 Å². The molecule has 0 bridgehead atoms. The highest BCUT2D eigenvalue weighted by atomic mass is 32.1. The van der Waals surface area contributed by atoms with Crippen molar-refractivity contribution in [2.45, 2.75) is 57.5 Å². The summed E-state index contributed by atoms with van der Waals surface area (Å²) in [7, 11) is 0. The number of thiazole rings is 1. The molecule has 1 aliphatic heterocycles. The molecule has 1 saturated carbocycles. The monoisotopic (exact) mass is 426 g/mol. The molecule has 1 atom stereocenters. The number of halogens is 1. The van der Waals surface area contributed by atoms with E-state index in [2.05, 4.69) is 9.97 Å². The molecular weight excluding hydrogens is 403 g/mol. The minimum Gasteiger partial charge on any atom is -0.338 e. The summed E-state index contributed by atoms with van der Waals surface area (Å²) in [4.78, 5) is 37.8. The van der Waals surface area contributed by atoms with Gasteiger partial charge in [0.2, 0.25) is 0 Å². The van der Waals surface area contributed by atoms with Crippen molar-refractivity contribution in [2.24, 2.45) is 0 Å². The summed E-state index contributed by atoms with van der Waals surface area (Å²) >= 11 is 1.40. The minimum atomic E-state index is -0.271. The second kappa shape index (κ2) is 7.58. The van der Waals surface area contributed by atoms with Crippen molar-refractivity contribution in [1.29, 1.82) is 0 Å². The van der Waals surface area contributed by atoms with Crippen molar-refractivity contribution in [1.82, 2.24) is 14.5 Å². The Morgan fingerprint density at radius 2 is 1.97 bits per heavy atom. The predicted molar refractivity (Wildman–Crippen MR) is 115 cm³/mol. The zero-order chi connectivity index (χ0) is 20.8. The van der Waals surface area contributed by atoms with E-state index < -0.39 is 0 Å². The van der Waals surface area contributed by atoms with Crippen molar-refractivity contribution >= 4 is 32.6 Å². The number of hydrogen-bond donors (Lipinski definition) is 0. The van der Waals surface area contributed by atoms with E-state index in [0.29, 0.717) is 28.3 Å². The van der Waals surface area contributed by atoms with Crippen LogP contribution in [-0.2, 0) is 11.2 Å². The Kier molecular flexibility index (Phi) is 4.89. The zero-order valence-electron chi connectivity index (χ0n) is 16.8. The summed E-state index contributed by atoms with van der Waals surface area (Å²) in [5.41, 5.74) is 1.30. The van der Waals surface area contributed by atoms with Gasteiger partial charge in [0.05, 0.1) is 6.04 Å². The van der Waals surface area contributed by atoms with E-state index in [1.165, 1.54) is 23.5 Å². The van der Waals surface area contributed by atoms with Gasteiger partial charge in [-0.3, -0.25) is 14.2 Å². The highest BCUT2D eigenvalue weighted by Gasteiger charge is 2.33. The molecule has 1 aromatic carbocycles. The normalized spacial score (nSPS) is 19.0. The first-order chi connectivity index (χ1) is 14.5. The summed E-state index contributed by atoms with van der Waals surface area (Å²) in [6, 6.07) is 6.33. The molecule has 3 heterocycles. The Morgan fingerprint density at radius 3 is 2.70 bits per heavy atom. The molecule has 30 heavy (non-hydrogen) atoms. The van der Waals surface area contributed by atoms with Crippen LogP contribution in [0, 0.1) is 12.7 Å². The van der Waals surface area contributed by atoms with E-state index in [1.54, 1.807) is 16.7 Å². The summed E-state index contributed by atoms with van der Waals surface area (Å²) in [5, 5.41) is 0.708. The van der Waals surface area contributed by atoms with Crippen molar-refractivity contribution in [3.8, 4) is 0 Å². The average molecular weight is 427 g/mol. The lowest BCUT2D eigenvalue weighted by Crippen LogP contribution is -2.36. The number of Topliss-reactive ketones (excluding diaryl/α,β-unsaturated/α-hetero) is 1. The third-order valence-electron chi connectivity index (χ3n) is 5.99. The van der Waals surface area contributed by atoms with Crippen LogP contribution in [0.1, 0.15) is 49.5 Å². The van der Waals surface area contributed by atoms with Crippen LogP contribution in [-0.4, -0.2) is 32.9 Å². The summed E-state index contributed by atoms with van der Waals surface area (Å²) in [6.07, 6.45) is 4.74. The van der Waals surface area contributed by atoms with E-state index >= 15 is 0 Å². The van der Waals surface area contributed by atoms with Crippen molar-refractivity contribution in [3.63, 3.8) is 0 Å². The number of aryl methyl sites for hydroxylation is 2. The summed E-state index contributed by atoms with van der Waals surface area (Å²) in [6.45, 7) is 2.62. The Bertz CT molecular complexity index is 1170. The lowest BCUT2D eigenvalue weighted by atomic mass is 10.0. The topological polar surface area (TPSA) is 68.1 Å². The highest BCUT2D eigenvalue weighted by molar-refractivity contribution is 7.21. The molecule has 3 aromatic rings. The number of aromatic nitrogens is 3. The van der Waals surface area contributed by atoms with Crippen LogP contribution >= 0.6 is 11.3 Å². The van der Waals surface area contributed by atoms with Gasteiger partial charge >= 0.3 is 0 Å². The maximum atomic E-state index is 13.1. The Hall–Kier alpha value is -2.61. The molecule has 0 unspecified atom stereocenters. The molecule has 6 nitrogen and oxygen atoms in total. The number of nitrogens with zero attached hydrogens (tertiary/aromatic N) is 4. The van der Waals surface area contributed by atoms with E-state index in [0.717, 1.165) is 43.6 Å². The number of carbonyl (C=O) groups excluding carboxylic acids is 1. The van der Waals surface area contributed by atoms with Crippen LogP contribution in [0.15, 0.2) is 29.1 Å². The average Bonchev–Trinajstić information content (AvgIpc) is 3.26. The fourth-order valence-electron chi connectivity index (χ4n) is 4.28. The molecule has 2 fully saturated rings. The minimum absolute atomic E-state index is 0.0686. The van der Waals surface area contributed by atoms with Gasteiger partial charge in [0.15, 0.2) is 21.3 Å². The fourth-order valence-corrected chi connectivity index (χ4v) is 5.33. The van der Waals surface area contributed by atoms with Crippen molar-refractivity contribution in [2.75, 3.05) is 11.4 Å². The summed E-state index contributed by atoms with van der Waals surface area (Å²) < 4.78 is 14.8.